The van der Waals surface area contributed by atoms with Gasteiger partial charge in [-0.2, -0.15) is 0 Å². The minimum Gasteiger partial charge on any atom is -0.507 e. The van der Waals surface area contributed by atoms with Crippen molar-refractivity contribution in [2.75, 3.05) is 0 Å². The molecule has 6 heteroatoms. The molecule has 0 spiro atoms. The van der Waals surface area contributed by atoms with Gasteiger partial charge in [0.15, 0.2) is 0 Å². The Morgan fingerprint density at radius 1 is 0.575 bits per heavy atom. The molecule has 4 N–H and O–H groups in total. The maximum Gasteiger partial charge on any atom is 0.250 e. The average molecular weight is 553 g/mol. The van der Waals surface area contributed by atoms with E-state index in [4.69, 9.17) is 5.84 Å². The van der Waals surface area contributed by atoms with E-state index in [-0.39, 0.29) is 33.2 Å². The van der Waals surface area contributed by atoms with Crippen LogP contribution in [0, 0.1) is 0 Å². The second-order valence-corrected chi connectivity index (χ2v) is 15.4. The Morgan fingerprint density at radius 3 is 0.950 bits per heavy atom. The van der Waals surface area contributed by atoms with Gasteiger partial charge >= 0.3 is 0 Å². The summed E-state index contributed by atoms with van der Waals surface area (Å²) in [5.74, 6) is 4.23. The van der Waals surface area contributed by atoms with Gasteiger partial charge in [0.1, 0.15) is 11.5 Å². The molecule has 0 aromatic heterocycles. The van der Waals surface area contributed by atoms with Crippen LogP contribution < -0.4 is 5.84 Å². The van der Waals surface area contributed by atoms with Gasteiger partial charge < -0.3 is 10.2 Å². The Morgan fingerprint density at radius 2 is 0.775 bits per heavy atom. The molecule has 0 radical (unpaired) electrons. The lowest BCUT2D eigenvalue weighted by molar-refractivity contribution is -0.146. The fourth-order valence-corrected chi connectivity index (χ4v) is 4.91. The first kappa shape index (κ1) is 33.3. The minimum absolute atomic E-state index is 0.231. The Labute approximate surface area is 241 Å². The van der Waals surface area contributed by atoms with Crippen molar-refractivity contribution in [2.24, 2.45) is 5.84 Å². The van der Waals surface area contributed by atoms with Crippen LogP contribution in [0.25, 0.3) is 0 Å². The summed E-state index contributed by atoms with van der Waals surface area (Å²) in [7, 11) is 0. The number of carbonyl (C=O) groups is 2. The summed E-state index contributed by atoms with van der Waals surface area (Å²) in [4.78, 5) is 27.2. The third-order valence-corrected chi connectivity index (χ3v) is 7.71. The Hall–Kier alpha value is -2.86. The zero-order chi connectivity index (χ0) is 31.3. The molecule has 2 aromatic rings. The molecule has 0 aliphatic heterocycles. The van der Waals surface area contributed by atoms with Gasteiger partial charge in [-0.15, -0.1) is 0 Å². The van der Waals surface area contributed by atoms with Crippen LogP contribution in [0.3, 0.4) is 0 Å². The van der Waals surface area contributed by atoms with Crippen molar-refractivity contribution in [1.29, 1.82) is 0 Å². The summed E-state index contributed by atoms with van der Waals surface area (Å²) in [6.45, 7) is 27.6. The summed E-state index contributed by atoms with van der Waals surface area (Å²) in [6, 6.07) is 7.39. The lowest BCUT2D eigenvalue weighted by atomic mass is 9.77. The van der Waals surface area contributed by atoms with Crippen molar-refractivity contribution in [2.45, 2.75) is 130 Å². The molecule has 222 valence electrons. The fourth-order valence-electron chi connectivity index (χ4n) is 4.91. The second-order valence-electron chi connectivity index (χ2n) is 15.4. The first-order valence-electron chi connectivity index (χ1n) is 14.2. The largest absolute Gasteiger partial charge is 0.507 e. The van der Waals surface area contributed by atoms with E-state index in [0.29, 0.717) is 11.1 Å². The Balaban J connectivity index is 2.54. The molecule has 40 heavy (non-hydrogen) atoms. The van der Waals surface area contributed by atoms with E-state index in [1.165, 1.54) is 0 Å². The Kier molecular flexibility index (Phi) is 9.04. The van der Waals surface area contributed by atoms with Crippen LogP contribution in [0.2, 0.25) is 0 Å². The number of nitrogens with two attached hydrogens (primary N) is 1. The van der Waals surface area contributed by atoms with Crippen molar-refractivity contribution in [1.82, 2.24) is 5.01 Å². The quantitative estimate of drug-likeness (QED) is 0.208. The van der Waals surface area contributed by atoms with Gasteiger partial charge in [-0.3, -0.25) is 9.59 Å². The van der Waals surface area contributed by atoms with Crippen LogP contribution in [-0.2, 0) is 31.2 Å². The monoisotopic (exact) mass is 552 g/mol. The summed E-state index contributed by atoms with van der Waals surface area (Å²) < 4.78 is 0. The molecule has 2 rings (SSSR count). The first-order valence-corrected chi connectivity index (χ1v) is 14.2. The molecule has 0 aliphatic rings. The third-order valence-electron chi connectivity index (χ3n) is 7.71. The number of phenolic OH excluding ortho intramolecular Hbond substituents is 2. The topological polar surface area (TPSA) is 104 Å². The number of hydrogen-bond donors (Lipinski definition) is 3. The Bertz CT molecular complexity index is 1110. The molecule has 0 saturated heterocycles. The molecular weight excluding hydrogens is 500 g/mol. The number of hydrazine groups is 1. The van der Waals surface area contributed by atoms with Crippen molar-refractivity contribution in [3.63, 3.8) is 0 Å². The highest BCUT2D eigenvalue weighted by molar-refractivity contribution is 6.00. The number of phenols is 2. The van der Waals surface area contributed by atoms with Crippen molar-refractivity contribution in [3.05, 3.63) is 57.6 Å². The molecular formula is C34H52N2O4. The molecule has 2 aromatic carbocycles. The number of aromatic hydroxyl groups is 2. The molecule has 2 atom stereocenters. The van der Waals surface area contributed by atoms with E-state index in [0.717, 1.165) is 27.3 Å². The third kappa shape index (κ3) is 6.88. The standard InChI is InChI=1S/C34H52N2O4/c1-19(21-15-23(31(3,4)5)27(37)24(16-21)32(6,7)8)29(39)36(35)30(40)20(2)22-17-25(33(9,10)11)28(38)26(18-22)34(12,13)14/h15-20,37-38H,35H2,1-14H3. The summed E-state index contributed by atoms with van der Waals surface area (Å²) >= 11 is 0. The van der Waals surface area contributed by atoms with Crippen LogP contribution in [0.1, 0.15) is 142 Å². The summed E-state index contributed by atoms with van der Waals surface area (Å²) in [6.07, 6.45) is 0. The molecule has 0 heterocycles. The number of imide groups is 1. The van der Waals surface area contributed by atoms with Gasteiger partial charge in [-0.1, -0.05) is 107 Å². The lowest BCUT2D eigenvalue weighted by Gasteiger charge is -2.30. The molecule has 2 unspecified atom stereocenters. The van der Waals surface area contributed by atoms with Gasteiger partial charge in [-0.05, 0) is 68.9 Å². The minimum atomic E-state index is -0.709. The summed E-state index contributed by atoms with van der Waals surface area (Å²) in [5, 5.41) is 22.9. The lowest BCUT2D eigenvalue weighted by Crippen LogP contribution is -2.46. The number of rotatable bonds is 4. The van der Waals surface area contributed by atoms with Crippen LogP contribution >= 0.6 is 0 Å². The SMILES string of the molecule is CC(C(=O)N(N)C(=O)C(C)c1cc(C(C)(C)C)c(O)c(C(C)(C)C)c1)c1cc(C(C)(C)C)c(O)c(C(C)(C)C)c1. The highest BCUT2D eigenvalue weighted by Crippen LogP contribution is 2.43. The maximum atomic E-state index is 13.6. The highest BCUT2D eigenvalue weighted by Gasteiger charge is 2.34. The zero-order valence-corrected chi connectivity index (χ0v) is 27.2. The normalized spacial score (nSPS) is 14.6. The van der Waals surface area contributed by atoms with Crippen molar-refractivity contribution < 1.29 is 19.8 Å². The summed E-state index contributed by atoms with van der Waals surface area (Å²) in [5.41, 5.74) is 2.93. The van der Waals surface area contributed by atoms with Crippen LogP contribution in [0.4, 0.5) is 0 Å². The number of nitrogens with zero attached hydrogens (tertiary/aromatic N) is 1. The predicted octanol–water partition coefficient (Wildman–Crippen LogP) is 7.42. The van der Waals surface area contributed by atoms with Gasteiger partial charge in [0, 0.05) is 0 Å². The van der Waals surface area contributed by atoms with E-state index in [1.54, 1.807) is 13.8 Å². The maximum absolute atomic E-state index is 13.6. The van der Waals surface area contributed by atoms with Gasteiger partial charge in [0.05, 0.1) is 11.8 Å². The van der Waals surface area contributed by atoms with Crippen LogP contribution in [0.15, 0.2) is 24.3 Å². The molecule has 0 bridgehead atoms. The van der Waals surface area contributed by atoms with E-state index in [9.17, 15) is 19.8 Å². The van der Waals surface area contributed by atoms with Crippen LogP contribution in [-0.4, -0.2) is 27.0 Å². The fraction of sp³-hybridized carbons (Fsp3) is 0.588. The van der Waals surface area contributed by atoms with Gasteiger partial charge in [-0.25, -0.2) is 10.9 Å². The zero-order valence-electron chi connectivity index (χ0n) is 27.2. The highest BCUT2D eigenvalue weighted by atomic mass is 16.3. The van der Waals surface area contributed by atoms with Gasteiger partial charge in [0.2, 0.25) is 0 Å². The molecule has 0 aliphatic carbocycles. The smallest absolute Gasteiger partial charge is 0.250 e. The predicted molar refractivity (Wildman–Crippen MR) is 164 cm³/mol. The van der Waals surface area contributed by atoms with E-state index in [1.807, 2.05) is 107 Å². The average Bonchev–Trinajstić information content (AvgIpc) is 2.78. The van der Waals surface area contributed by atoms with Crippen molar-refractivity contribution >= 4 is 11.8 Å². The van der Waals surface area contributed by atoms with E-state index in [2.05, 4.69) is 0 Å². The van der Waals surface area contributed by atoms with Crippen molar-refractivity contribution in [3.8, 4) is 11.5 Å². The van der Waals surface area contributed by atoms with Crippen LogP contribution in [0.5, 0.6) is 11.5 Å². The van der Waals surface area contributed by atoms with E-state index >= 15 is 0 Å². The molecule has 6 nitrogen and oxygen atoms in total. The number of hydrogen-bond acceptors (Lipinski definition) is 5. The number of amides is 2. The van der Waals surface area contributed by atoms with Gasteiger partial charge in [0.25, 0.3) is 11.8 Å². The van der Waals surface area contributed by atoms with E-state index < -0.39 is 23.7 Å². The molecule has 0 saturated carbocycles. The second kappa shape index (κ2) is 10.8. The first-order chi connectivity index (χ1) is 17.8. The molecule has 2 amide bonds. The number of carbonyl (C=O) groups excluding carboxylic acids is 2. The molecule has 0 fully saturated rings. The number of benzene rings is 2.